The van der Waals surface area contributed by atoms with Crippen LogP contribution in [-0.4, -0.2) is 99.6 Å². The first-order valence-corrected chi connectivity index (χ1v) is 35.3. The molecular formula is C76H129NO10. The van der Waals surface area contributed by atoms with Crippen LogP contribution >= 0.6 is 0 Å². The van der Waals surface area contributed by atoms with Crippen LogP contribution in [0.15, 0.2) is 122 Å². The summed E-state index contributed by atoms with van der Waals surface area (Å²) < 4.78 is 17.7. The van der Waals surface area contributed by atoms with E-state index in [0.717, 1.165) is 135 Å². The molecule has 6 N–H and O–H groups in total. The summed E-state index contributed by atoms with van der Waals surface area (Å²) in [6.07, 6.45) is 76.5. The van der Waals surface area contributed by atoms with E-state index in [4.69, 9.17) is 14.2 Å². The fourth-order valence-electron chi connectivity index (χ4n) is 10.3. The number of rotatable bonds is 59. The molecule has 0 radical (unpaired) electrons. The molecule has 1 fully saturated rings. The number of unbranched alkanes of at least 4 members (excludes halogenated alkanes) is 27. The van der Waals surface area contributed by atoms with Gasteiger partial charge in [0.2, 0.25) is 5.91 Å². The second-order valence-electron chi connectivity index (χ2n) is 23.9. The molecule has 1 rings (SSSR count). The molecule has 1 saturated heterocycles. The first kappa shape index (κ1) is 81.1. The summed E-state index contributed by atoms with van der Waals surface area (Å²) in [5, 5.41) is 57.3. The summed E-state index contributed by atoms with van der Waals surface area (Å²) in [4.78, 5) is 26.7. The number of esters is 1. The second-order valence-corrected chi connectivity index (χ2v) is 23.9. The molecule has 0 aliphatic carbocycles. The van der Waals surface area contributed by atoms with E-state index in [-0.39, 0.29) is 19.4 Å². The fraction of sp³-hybridized carbons (Fsp3) is 0.711. The number of nitrogens with one attached hydrogen (secondary N) is 1. The van der Waals surface area contributed by atoms with Crippen LogP contribution in [-0.2, 0) is 23.8 Å². The summed E-state index contributed by atoms with van der Waals surface area (Å²) in [6, 6.07) is -1.04. The Hall–Kier alpha value is -3.94. The smallest absolute Gasteiger partial charge is 0.306 e. The van der Waals surface area contributed by atoms with Gasteiger partial charge in [-0.1, -0.05) is 284 Å². The van der Waals surface area contributed by atoms with Gasteiger partial charge in [-0.25, -0.2) is 0 Å². The Morgan fingerprint density at radius 2 is 0.828 bits per heavy atom. The Kier molecular flexibility index (Phi) is 58.0. The topological polar surface area (TPSA) is 175 Å². The van der Waals surface area contributed by atoms with Crippen molar-refractivity contribution < 1.29 is 49.3 Å². The van der Waals surface area contributed by atoms with Crippen LogP contribution in [0.4, 0.5) is 0 Å². The highest BCUT2D eigenvalue weighted by Crippen LogP contribution is 2.26. The lowest BCUT2D eigenvalue weighted by Gasteiger charge is -2.41. The molecule has 0 aromatic heterocycles. The number of hydrogen-bond donors (Lipinski definition) is 6. The fourth-order valence-corrected chi connectivity index (χ4v) is 10.3. The van der Waals surface area contributed by atoms with E-state index < -0.39 is 67.4 Å². The van der Waals surface area contributed by atoms with Crippen LogP contribution in [0.3, 0.4) is 0 Å². The third-order valence-electron chi connectivity index (χ3n) is 15.8. The van der Waals surface area contributed by atoms with E-state index in [1.807, 2.05) is 6.08 Å². The van der Waals surface area contributed by atoms with Gasteiger partial charge >= 0.3 is 5.97 Å². The monoisotopic (exact) mass is 1220 g/mol. The van der Waals surface area contributed by atoms with E-state index in [9.17, 15) is 35.1 Å². The molecule has 0 spiro atoms. The minimum absolute atomic E-state index is 0.0961. The van der Waals surface area contributed by atoms with Crippen LogP contribution < -0.4 is 5.32 Å². The van der Waals surface area contributed by atoms with Crippen molar-refractivity contribution in [2.75, 3.05) is 13.2 Å². The molecule has 8 unspecified atom stereocenters. The summed E-state index contributed by atoms with van der Waals surface area (Å²) in [6.45, 7) is 5.65. The van der Waals surface area contributed by atoms with Gasteiger partial charge in [0.15, 0.2) is 12.4 Å². The van der Waals surface area contributed by atoms with Crippen molar-refractivity contribution in [2.45, 2.75) is 333 Å². The molecule has 1 heterocycles. The lowest BCUT2D eigenvalue weighted by molar-refractivity contribution is -0.305. The maximum absolute atomic E-state index is 13.5. The van der Waals surface area contributed by atoms with Gasteiger partial charge in [-0.15, -0.1) is 0 Å². The average Bonchev–Trinajstić information content (AvgIpc) is 1.53. The highest BCUT2D eigenvalue weighted by Gasteiger charge is 2.47. The molecule has 1 aliphatic rings. The van der Waals surface area contributed by atoms with Crippen LogP contribution in [0, 0.1) is 0 Å². The summed E-state index contributed by atoms with van der Waals surface area (Å²) in [7, 11) is 0. The molecule has 1 amide bonds. The third kappa shape index (κ3) is 49.5. The number of amides is 1. The molecular weight excluding hydrogens is 1090 g/mol. The zero-order valence-corrected chi connectivity index (χ0v) is 55.3. The van der Waals surface area contributed by atoms with Crippen LogP contribution in [0.1, 0.15) is 284 Å². The van der Waals surface area contributed by atoms with Gasteiger partial charge in [0.1, 0.15) is 24.4 Å². The number of carbonyl (C=O) groups excluding carboxylic acids is 2. The van der Waals surface area contributed by atoms with Crippen LogP contribution in [0.5, 0.6) is 0 Å². The highest BCUT2D eigenvalue weighted by atomic mass is 16.7. The third-order valence-corrected chi connectivity index (χ3v) is 15.8. The Labute approximate surface area is 531 Å². The van der Waals surface area contributed by atoms with Crippen molar-refractivity contribution in [3.63, 3.8) is 0 Å². The van der Waals surface area contributed by atoms with Crippen LogP contribution in [0.25, 0.3) is 0 Å². The summed E-state index contributed by atoms with van der Waals surface area (Å²) in [5.74, 6) is -1.22. The molecule has 87 heavy (non-hydrogen) atoms. The number of hydrogen-bond acceptors (Lipinski definition) is 10. The Balaban J connectivity index is 2.63. The average molecular weight is 1220 g/mol. The molecule has 1 aliphatic heterocycles. The van der Waals surface area contributed by atoms with Crippen molar-refractivity contribution in [3.05, 3.63) is 122 Å². The minimum Gasteiger partial charge on any atom is -0.454 e. The highest BCUT2D eigenvalue weighted by molar-refractivity contribution is 5.80. The minimum atomic E-state index is -1.63. The maximum atomic E-state index is 13.5. The largest absolute Gasteiger partial charge is 0.454 e. The summed E-state index contributed by atoms with van der Waals surface area (Å²) >= 11 is 0. The van der Waals surface area contributed by atoms with Crippen molar-refractivity contribution >= 4 is 11.9 Å². The Morgan fingerprint density at radius 1 is 0.460 bits per heavy atom. The lowest BCUT2D eigenvalue weighted by Crippen LogP contribution is -2.61. The van der Waals surface area contributed by atoms with Crippen molar-refractivity contribution in [1.82, 2.24) is 5.32 Å². The van der Waals surface area contributed by atoms with Crippen molar-refractivity contribution in [2.24, 2.45) is 0 Å². The van der Waals surface area contributed by atoms with E-state index in [1.54, 1.807) is 6.08 Å². The number of aliphatic hydroxyl groups excluding tert-OH is 5. The van der Waals surface area contributed by atoms with E-state index in [1.165, 1.54) is 103 Å². The van der Waals surface area contributed by atoms with Crippen molar-refractivity contribution in [3.8, 4) is 0 Å². The zero-order valence-electron chi connectivity index (χ0n) is 55.3. The summed E-state index contributed by atoms with van der Waals surface area (Å²) in [5.41, 5.74) is 0. The van der Waals surface area contributed by atoms with Gasteiger partial charge in [0, 0.05) is 6.42 Å². The van der Waals surface area contributed by atoms with Gasteiger partial charge in [-0.3, -0.25) is 9.59 Å². The number of aliphatic hydroxyl groups is 5. The number of ether oxygens (including phenoxy) is 3. The van der Waals surface area contributed by atoms with E-state index in [0.29, 0.717) is 12.8 Å². The van der Waals surface area contributed by atoms with Gasteiger partial charge < -0.3 is 45.1 Å². The molecule has 0 aromatic rings. The Bertz CT molecular complexity index is 1880. The van der Waals surface area contributed by atoms with E-state index in [2.05, 4.69) is 135 Å². The number of carbonyl (C=O) groups is 2. The van der Waals surface area contributed by atoms with E-state index >= 15 is 0 Å². The molecule has 0 bridgehead atoms. The second kappa shape index (κ2) is 62.3. The van der Waals surface area contributed by atoms with Gasteiger partial charge in [-0.2, -0.15) is 0 Å². The molecule has 11 heteroatoms. The maximum Gasteiger partial charge on any atom is 0.306 e. The molecule has 498 valence electrons. The lowest BCUT2D eigenvalue weighted by atomic mass is 9.99. The standard InChI is InChI=1S/C76H129NO10/c1-4-7-10-13-16-19-22-25-27-29-31-33-34-35-37-38-40-42-45-48-51-54-57-60-63-69(80)75(84)77-67(68(79)62-59-56-53-50-47-44-24-21-18-15-12-9-6-3)66-85-76-74(73(83)72(82)70(65-78)86-76)87-71(81)64-61-58-55-52-49-46-43-41-39-36-32-30-28-26-23-20-17-14-11-8-5-2/h7,10,16-17,19-20,25-28,31-33,35-37,41,43,59,62,67-70,72-74,76,78-80,82-83H,4-6,8-9,11-15,18,21-24,29-30,34,38-40,42,44-58,60-61,63-66H2,1-3H3,(H,77,84)/b10-7-,19-16-,20-17-,27-25-,28-26-,33-31-,36-32-,37-35-,43-41-,62-59+. The van der Waals surface area contributed by atoms with Gasteiger partial charge in [-0.05, 0) is 116 Å². The molecule has 11 nitrogen and oxygen atoms in total. The van der Waals surface area contributed by atoms with Gasteiger partial charge in [0.05, 0.1) is 25.4 Å². The zero-order chi connectivity index (χ0) is 63.1. The first-order valence-electron chi connectivity index (χ1n) is 35.3. The quantitative estimate of drug-likeness (QED) is 0.0195. The SMILES string of the molecule is CC/C=C\C/C=C\C/C=C\C/C=C\C/C=C\CCCCCCCCCCC(O)C(=O)NC(COC1OC(CO)C(O)C(O)C1OC(=O)CCCCCCC/C=C\C/C=C\C/C=C\C/C=C\CCCCC)C(O)/C=C/CCCCCCCCCCCCC. The predicted molar refractivity (Wildman–Crippen MR) is 365 cm³/mol. The molecule has 8 atom stereocenters. The predicted octanol–water partition coefficient (Wildman–Crippen LogP) is 18.2. The van der Waals surface area contributed by atoms with Crippen LogP contribution in [0.2, 0.25) is 0 Å². The molecule has 0 saturated carbocycles. The molecule has 0 aromatic carbocycles. The van der Waals surface area contributed by atoms with Crippen molar-refractivity contribution in [1.29, 1.82) is 0 Å². The van der Waals surface area contributed by atoms with Gasteiger partial charge in [0.25, 0.3) is 0 Å². The normalized spacial score (nSPS) is 19.0. The number of allylic oxidation sites excluding steroid dienone is 19. The Morgan fingerprint density at radius 3 is 1.26 bits per heavy atom. The first-order chi connectivity index (χ1) is 42.7.